The van der Waals surface area contributed by atoms with Crippen LogP contribution in [-0.2, 0) is 0 Å². The molecule has 0 saturated heterocycles. The molecule has 1 atom stereocenters. The summed E-state index contributed by atoms with van der Waals surface area (Å²) in [6.45, 7) is 4.71. The molecule has 11 heavy (non-hydrogen) atoms. The fraction of sp³-hybridized carbons (Fsp3) is 1.00. The van der Waals surface area contributed by atoms with Gasteiger partial charge in [0.1, 0.15) is 0 Å². The van der Waals surface area contributed by atoms with E-state index in [1.54, 1.807) is 0 Å². The molecule has 0 aromatic heterocycles. The van der Waals surface area contributed by atoms with Gasteiger partial charge in [0.15, 0.2) is 0 Å². The van der Waals surface area contributed by atoms with Crippen molar-refractivity contribution in [3.63, 3.8) is 0 Å². The SMILES string of the molecule is CC(C)PC1CCCCC1.Cl. The summed E-state index contributed by atoms with van der Waals surface area (Å²) < 4.78 is 0. The second-order valence-corrected chi connectivity index (χ2v) is 5.96. The Morgan fingerprint density at radius 2 is 1.64 bits per heavy atom. The standard InChI is InChI=1S/C9H19P.ClH/c1-8(2)10-9-6-4-3-5-7-9;/h8-10H,3-7H2,1-2H3;1H. The molecule has 0 aromatic carbocycles. The molecule has 0 amide bonds. The normalized spacial score (nSPS) is 21.0. The van der Waals surface area contributed by atoms with Crippen LogP contribution < -0.4 is 0 Å². The van der Waals surface area contributed by atoms with E-state index >= 15 is 0 Å². The van der Waals surface area contributed by atoms with Gasteiger partial charge >= 0.3 is 0 Å². The number of rotatable bonds is 2. The van der Waals surface area contributed by atoms with Gasteiger partial charge in [0.05, 0.1) is 0 Å². The number of hydrogen-bond donors (Lipinski definition) is 0. The lowest BCUT2D eigenvalue weighted by Gasteiger charge is -2.22. The molecular formula is C9H20ClP. The molecular weight excluding hydrogens is 175 g/mol. The van der Waals surface area contributed by atoms with Crippen LogP contribution in [0, 0.1) is 0 Å². The third kappa shape index (κ3) is 5.04. The smallest absolute Gasteiger partial charge is 0.0234 e. The Kier molecular flexibility index (Phi) is 6.67. The van der Waals surface area contributed by atoms with E-state index in [0.717, 1.165) is 11.3 Å². The molecule has 1 aliphatic rings. The molecule has 1 rings (SSSR count). The zero-order valence-corrected chi connectivity index (χ0v) is 9.41. The summed E-state index contributed by atoms with van der Waals surface area (Å²) in [5.41, 5.74) is 2.05. The lowest BCUT2D eigenvalue weighted by molar-refractivity contribution is 0.512. The summed E-state index contributed by atoms with van der Waals surface area (Å²) in [6, 6.07) is 0. The van der Waals surface area contributed by atoms with Crippen LogP contribution in [0.2, 0.25) is 0 Å². The largest absolute Gasteiger partial charge is 0.147 e. The highest BCUT2D eigenvalue weighted by atomic mass is 35.5. The van der Waals surface area contributed by atoms with Crippen molar-refractivity contribution >= 4 is 21.0 Å². The monoisotopic (exact) mass is 194 g/mol. The van der Waals surface area contributed by atoms with Crippen LogP contribution in [0.1, 0.15) is 46.0 Å². The molecule has 1 saturated carbocycles. The second kappa shape index (κ2) is 6.26. The van der Waals surface area contributed by atoms with Gasteiger partial charge in [-0.05, 0) is 24.2 Å². The average molecular weight is 195 g/mol. The highest BCUT2D eigenvalue weighted by molar-refractivity contribution is 7.39. The van der Waals surface area contributed by atoms with E-state index in [-0.39, 0.29) is 12.4 Å². The van der Waals surface area contributed by atoms with Crippen molar-refractivity contribution in [3.8, 4) is 0 Å². The van der Waals surface area contributed by atoms with E-state index in [4.69, 9.17) is 0 Å². The van der Waals surface area contributed by atoms with Gasteiger partial charge in [-0.3, -0.25) is 0 Å². The Balaban J connectivity index is 0.000001000. The lowest BCUT2D eigenvalue weighted by Crippen LogP contribution is -2.08. The van der Waals surface area contributed by atoms with E-state index in [1.807, 2.05) is 0 Å². The van der Waals surface area contributed by atoms with Gasteiger partial charge in [0.2, 0.25) is 0 Å². The van der Waals surface area contributed by atoms with Gasteiger partial charge in [0.25, 0.3) is 0 Å². The van der Waals surface area contributed by atoms with Crippen molar-refractivity contribution in [2.75, 3.05) is 0 Å². The first-order valence-electron chi connectivity index (χ1n) is 4.55. The molecule has 0 aliphatic heterocycles. The third-order valence-corrected chi connectivity index (χ3v) is 3.89. The van der Waals surface area contributed by atoms with E-state index in [2.05, 4.69) is 13.8 Å². The molecule has 68 valence electrons. The molecule has 1 unspecified atom stereocenters. The van der Waals surface area contributed by atoms with Crippen LogP contribution in [0.4, 0.5) is 0 Å². The van der Waals surface area contributed by atoms with Gasteiger partial charge < -0.3 is 0 Å². The van der Waals surface area contributed by atoms with Crippen LogP contribution in [0.3, 0.4) is 0 Å². The average Bonchev–Trinajstić information content (AvgIpc) is 1.88. The molecule has 1 aliphatic carbocycles. The minimum atomic E-state index is 0. The number of halogens is 1. The summed E-state index contributed by atoms with van der Waals surface area (Å²) in [6.07, 6.45) is 7.56. The predicted molar refractivity (Wildman–Crippen MR) is 57.6 cm³/mol. The van der Waals surface area contributed by atoms with Crippen LogP contribution >= 0.6 is 21.0 Å². The van der Waals surface area contributed by atoms with Crippen LogP contribution in [-0.4, -0.2) is 11.3 Å². The van der Waals surface area contributed by atoms with E-state index < -0.39 is 0 Å². The maximum absolute atomic E-state index is 2.35. The van der Waals surface area contributed by atoms with Gasteiger partial charge in [-0.2, -0.15) is 0 Å². The van der Waals surface area contributed by atoms with Crippen molar-refractivity contribution in [2.24, 2.45) is 0 Å². The molecule has 2 heteroatoms. The zero-order valence-electron chi connectivity index (χ0n) is 7.60. The fourth-order valence-corrected chi connectivity index (χ4v) is 3.43. The summed E-state index contributed by atoms with van der Waals surface area (Å²) in [5.74, 6) is 0. The highest BCUT2D eigenvalue weighted by Gasteiger charge is 2.13. The summed E-state index contributed by atoms with van der Waals surface area (Å²) >= 11 is 0. The maximum atomic E-state index is 2.35. The van der Waals surface area contributed by atoms with Gasteiger partial charge in [0, 0.05) is 0 Å². The Hall–Kier alpha value is 0.720. The minimum absolute atomic E-state index is 0. The molecule has 0 radical (unpaired) electrons. The maximum Gasteiger partial charge on any atom is -0.0234 e. The van der Waals surface area contributed by atoms with E-state index in [1.165, 1.54) is 40.7 Å². The third-order valence-electron chi connectivity index (χ3n) is 2.17. The van der Waals surface area contributed by atoms with Crippen LogP contribution in [0.5, 0.6) is 0 Å². The first-order chi connectivity index (χ1) is 4.79. The molecule has 0 spiro atoms. The highest BCUT2D eigenvalue weighted by Crippen LogP contribution is 2.35. The van der Waals surface area contributed by atoms with Crippen LogP contribution in [0.15, 0.2) is 0 Å². The first-order valence-corrected chi connectivity index (χ1v) is 5.70. The van der Waals surface area contributed by atoms with Crippen molar-refractivity contribution in [1.29, 1.82) is 0 Å². The van der Waals surface area contributed by atoms with Gasteiger partial charge in [-0.15, -0.1) is 21.0 Å². The number of hydrogen-bond acceptors (Lipinski definition) is 0. The topological polar surface area (TPSA) is 0 Å². The molecule has 0 N–H and O–H groups in total. The predicted octanol–water partition coefficient (Wildman–Crippen LogP) is 3.83. The van der Waals surface area contributed by atoms with Crippen molar-refractivity contribution in [3.05, 3.63) is 0 Å². The molecule has 1 fully saturated rings. The van der Waals surface area contributed by atoms with Crippen LogP contribution in [0.25, 0.3) is 0 Å². The Labute approximate surface area is 78.7 Å². The van der Waals surface area contributed by atoms with E-state index in [9.17, 15) is 0 Å². The summed E-state index contributed by atoms with van der Waals surface area (Å²) in [5, 5.41) is 0. The van der Waals surface area contributed by atoms with Crippen molar-refractivity contribution in [2.45, 2.75) is 57.3 Å². The first kappa shape index (κ1) is 11.7. The molecule has 0 bridgehead atoms. The van der Waals surface area contributed by atoms with Crippen molar-refractivity contribution in [1.82, 2.24) is 0 Å². The van der Waals surface area contributed by atoms with Gasteiger partial charge in [-0.1, -0.05) is 33.1 Å². The van der Waals surface area contributed by atoms with Gasteiger partial charge in [-0.25, -0.2) is 0 Å². The second-order valence-electron chi connectivity index (χ2n) is 3.66. The van der Waals surface area contributed by atoms with E-state index in [0.29, 0.717) is 0 Å². The Morgan fingerprint density at radius 3 is 2.09 bits per heavy atom. The Bertz CT molecular complexity index is 87.6. The summed E-state index contributed by atoms with van der Waals surface area (Å²) in [4.78, 5) is 0. The lowest BCUT2D eigenvalue weighted by atomic mass is 10.0. The fourth-order valence-electron chi connectivity index (χ4n) is 1.74. The summed E-state index contributed by atoms with van der Waals surface area (Å²) in [7, 11) is 1.24. The van der Waals surface area contributed by atoms with Crippen molar-refractivity contribution < 1.29 is 0 Å². The molecule has 0 nitrogen and oxygen atoms in total. The molecule has 0 aromatic rings. The minimum Gasteiger partial charge on any atom is -0.147 e. The molecule has 0 heterocycles. The quantitative estimate of drug-likeness (QED) is 0.587. The Morgan fingerprint density at radius 1 is 1.09 bits per heavy atom. The zero-order chi connectivity index (χ0) is 7.40.